The molecule has 2 aliphatic rings. The van der Waals surface area contributed by atoms with Crippen LogP contribution < -0.4 is 5.73 Å². The van der Waals surface area contributed by atoms with E-state index in [2.05, 4.69) is 25.1 Å². The molecule has 0 spiro atoms. The van der Waals surface area contributed by atoms with E-state index >= 15 is 0 Å². The molecule has 3 rings (SSSR count). The van der Waals surface area contributed by atoms with Gasteiger partial charge in [0.05, 0.1) is 13.2 Å². The lowest BCUT2D eigenvalue weighted by atomic mass is 9.77. The number of ether oxygens (including phenoxy) is 1. The Kier molecular flexibility index (Phi) is 3.40. The predicted molar refractivity (Wildman–Crippen MR) is 73.0 cm³/mol. The van der Waals surface area contributed by atoms with Crippen LogP contribution in [0, 0.1) is 11.8 Å². The van der Waals surface area contributed by atoms with E-state index in [0.717, 1.165) is 19.1 Å². The topological polar surface area (TPSA) is 35.2 Å². The Balaban J connectivity index is 1.74. The molecule has 2 nitrogen and oxygen atoms in total. The molecular weight excluding hydrogens is 222 g/mol. The third-order valence-corrected chi connectivity index (χ3v) is 4.70. The van der Waals surface area contributed by atoms with Gasteiger partial charge in [-0.1, -0.05) is 38.0 Å². The molecule has 2 N–H and O–H groups in total. The van der Waals surface area contributed by atoms with E-state index in [1.807, 2.05) is 0 Å². The zero-order valence-electron chi connectivity index (χ0n) is 11.2. The van der Waals surface area contributed by atoms with Gasteiger partial charge in [0.1, 0.15) is 0 Å². The largest absolute Gasteiger partial charge is 0.372 e. The van der Waals surface area contributed by atoms with E-state index < -0.39 is 0 Å². The van der Waals surface area contributed by atoms with Crippen molar-refractivity contribution in [3.8, 4) is 0 Å². The van der Waals surface area contributed by atoms with E-state index in [1.165, 1.54) is 42.4 Å². The van der Waals surface area contributed by atoms with Crippen LogP contribution in [0.5, 0.6) is 0 Å². The Bertz CT molecular complexity index is 421. The highest BCUT2D eigenvalue weighted by Gasteiger charge is 2.25. The minimum absolute atomic E-state index is 0.211. The number of fused-ring (bicyclic) bond motifs is 1. The summed E-state index contributed by atoms with van der Waals surface area (Å²) in [5.41, 5.74) is 10.4. The smallest absolute Gasteiger partial charge is 0.0725 e. The zero-order valence-corrected chi connectivity index (χ0v) is 11.2. The molecule has 2 heteroatoms. The average molecular weight is 245 g/mol. The van der Waals surface area contributed by atoms with Crippen molar-refractivity contribution in [1.82, 2.24) is 0 Å². The highest BCUT2D eigenvalue weighted by Crippen LogP contribution is 2.36. The summed E-state index contributed by atoms with van der Waals surface area (Å²) in [5.74, 6) is 1.56. The number of benzene rings is 1. The van der Waals surface area contributed by atoms with E-state index in [9.17, 15) is 0 Å². The summed E-state index contributed by atoms with van der Waals surface area (Å²) in [6, 6.07) is 6.88. The van der Waals surface area contributed by atoms with Gasteiger partial charge in [-0.2, -0.15) is 0 Å². The molecule has 1 aromatic carbocycles. The van der Waals surface area contributed by atoms with Crippen LogP contribution in [-0.4, -0.2) is 0 Å². The van der Waals surface area contributed by atoms with Crippen LogP contribution in [0.25, 0.3) is 0 Å². The van der Waals surface area contributed by atoms with E-state index in [4.69, 9.17) is 10.5 Å². The number of hydrogen-bond donors (Lipinski definition) is 1. The van der Waals surface area contributed by atoms with Gasteiger partial charge in [0, 0.05) is 6.04 Å². The Morgan fingerprint density at radius 1 is 1.11 bits per heavy atom. The van der Waals surface area contributed by atoms with Crippen molar-refractivity contribution >= 4 is 0 Å². The van der Waals surface area contributed by atoms with Gasteiger partial charge in [-0.05, 0) is 41.4 Å². The summed E-state index contributed by atoms with van der Waals surface area (Å²) in [6.45, 7) is 3.89. The second-order valence-electron chi connectivity index (χ2n) is 6.07. The van der Waals surface area contributed by atoms with Crippen molar-refractivity contribution in [1.29, 1.82) is 0 Å². The summed E-state index contributed by atoms with van der Waals surface area (Å²) in [5, 5.41) is 0. The summed E-state index contributed by atoms with van der Waals surface area (Å²) in [4.78, 5) is 0. The van der Waals surface area contributed by atoms with Gasteiger partial charge in [-0.25, -0.2) is 0 Å². The molecule has 1 aliphatic carbocycles. The maximum atomic E-state index is 6.47. The Labute approximate surface area is 110 Å². The standard InChI is InChI=1S/C16H23NO/c1-11-2-4-12(5-3-11)16(17)13-6-7-14-9-18-10-15(14)8-13/h6-8,11-12,16H,2-5,9-10,17H2,1H3. The van der Waals surface area contributed by atoms with Crippen molar-refractivity contribution in [3.63, 3.8) is 0 Å². The number of hydrogen-bond acceptors (Lipinski definition) is 2. The molecule has 1 saturated carbocycles. The normalized spacial score (nSPS) is 29.0. The molecule has 0 saturated heterocycles. The molecular formula is C16H23NO. The van der Waals surface area contributed by atoms with Crippen molar-refractivity contribution in [2.24, 2.45) is 17.6 Å². The first-order chi connectivity index (χ1) is 8.74. The third-order valence-electron chi connectivity index (χ3n) is 4.70. The lowest BCUT2D eigenvalue weighted by molar-refractivity contribution is 0.134. The fourth-order valence-corrected chi connectivity index (χ4v) is 3.32. The molecule has 0 radical (unpaired) electrons. The second-order valence-corrected chi connectivity index (χ2v) is 6.07. The Hall–Kier alpha value is -0.860. The minimum atomic E-state index is 0.211. The summed E-state index contributed by atoms with van der Waals surface area (Å²) < 4.78 is 5.47. The van der Waals surface area contributed by atoms with E-state index in [1.54, 1.807) is 0 Å². The molecule has 98 valence electrons. The van der Waals surface area contributed by atoms with Crippen LogP contribution in [0.3, 0.4) is 0 Å². The second kappa shape index (κ2) is 5.02. The summed E-state index contributed by atoms with van der Waals surface area (Å²) in [6.07, 6.45) is 5.25. The monoisotopic (exact) mass is 245 g/mol. The van der Waals surface area contributed by atoms with Crippen LogP contribution in [0.4, 0.5) is 0 Å². The SMILES string of the molecule is CC1CCC(C(N)c2ccc3c(c2)COC3)CC1. The molecule has 0 bridgehead atoms. The molecule has 0 amide bonds. The third kappa shape index (κ3) is 2.32. The minimum Gasteiger partial charge on any atom is -0.372 e. The molecule has 1 unspecified atom stereocenters. The summed E-state index contributed by atoms with van der Waals surface area (Å²) >= 11 is 0. The van der Waals surface area contributed by atoms with E-state index in [0.29, 0.717) is 5.92 Å². The number of nitrogens with two attached hydrogens (primary N) is 1. The van der Waals surface area contributed by atoms with Crippen LogP contribution >= 0.6 is 0 Å². The first kappa shape index (κ1) is 12.2. The molecule has 1 heterocycles. The average Bonchev–Trinajstić information content (AvgIpc) is 2.86. The van der Waals surface area contributed by atoms with Gasteiger partial charge in [-0.15, -0.1) is 0 Å². The molecule has 1 fully saturated rings. The maximum absolute atomic E-state index is 6.47. The van der Waals surface area contributed by atoms with Gasteiger partial charge in [0.15, 0.2) is 0 Å². The fraction of sp³-hybridized carbons (Fsp3) is 0.625. The van der Waals surface area contributed by atoms with Gasteiger partial charge in [0.25, 0.3) is 0 Å². The van der Waals surface area contributed by atoms with Crippen molar-refractivity contribution in [3.05, 3.63) is 34.9 Å². The Morgan fingerprint density at radius 2 is 1.83 bits per heavy atom. The molecule has 0 aromatic heterocycles. The van der Waals surface area contributed by atoms with Gasteiger partial charge in [-0.3, -0.25) is 0 Å². The molecule has 1 aromatic rings. The van der Waals surface area contributed by atoms with Crippen LogP contribution in [-0.2, 0) is 18.0 Å². The lowest BCUT2D eigenvalue weighted by Gasteiger charge is -2.31. The van der Waals surface area contributed by atoms with Crippen molar-refractivity contribution < 1.29 is 4.74 Å². The van der Waals surface area contributed by atoms with Crippen LogP contribution in [0.2, 0.25) is 0 Å². The quantitative estimate of drug-likeness (QED) is 0.865. The first-order valence-corrected chi connectivity index (χ1v) is 7.19. The highest BCUT2D eigenvalue weighted by molar-refractivity contribution is 5.34. The predicted octanol–water partition coefficient (Wildman–Crippen LogP) is 3.54. The zero-order chi connectivity index (χ0) is 12.5. The summed E-state index contributed by atoms with van der Waals surface area (Å²) in [7, 11) is 0. The Morgan fingerprint density at radius 3 is 2.61 bits per heavy atom. The van der Waals surface area contributed by atoms with Crippen molar-refractivity contribution in [2.45, 2.75) is 51.9 Å². The van der Waals surface area contributed by atoms with Crippen LogP contribution in [0.15, 0.2) is 18.2 Å². The van der Waals surface area contributed by atoms with Gasteiger partial charge >= 0.3 is 0 Å². The lowest BCUT2D eigenvalue weighted by Crippen LogP contribution is -2.25. The first-order valence-electron chi connectivity index (χ1n) is 7.19. The molecule has 1 atom stereocenters. The van der Waals surface area contributed by atoms with Gasteiger partial charge in [0.2, 0.25) is 0 Å². The number of rotatable bonds is 2. The van der Waals surface area contributed by atoms with E-state index in [-0.39, 0.29) is 6.04 Å². The molecule has 18 heavy (non-hydrogen) atoms. The highest BCUT2D eigenvalue weighted by atomic mass is 16.5. The maximum Gasteiger partial charge on any atom is 0.0725 e. The van der Waals surface area contributed by atoms with Crippen molar-refractivity contribution in [2.75, 3.05) is 0 Å². The fourth-order valence-electron chi connectivity index (χ4n) is 3.32. The molecule has 1 aliphatic heterocycles. The van der Waals surface area contributed by atoms with Gasteiger partial charge < -0.3 is 10.5 Å². The van der Waals surface area contributed by atoms with Crippen LogP contribution in [0.1, 0.15) is 55.3 Å².